The third kappa shape index (κ3) is 2.89. The Morgan fingerprint density at radius 3 is 2.54 bits per heavy atom. The highest BCUT2D eigenvalue weighted by Crippen LogP contribution is 2.21. The fraction of sp³-hybridized carbons (Fsp3) is 0.222. The minimum atomic E-state index is 0.483. The van der Waals surface area contributed by atoms with Crippen LogP contribution in [0, 0.1) is 11.8 Å². The third-order valence-electron chi connectivity index (χ3n) is 1.33. The molecule has 0 aliphatic heterocycles. The monoisotopic (exact) mass is 214 g/mol. The molecule has 0 aliphatic rings. The van der Waals surface area contributed by atoms with Gasteiger partial charge in [0.2, 0.25) is 0 Å². The van der Waals surface area contributed by atoms with E-state index < -0.39 is 0 Å². The number of aromatic nitrogens is 1. The molecule has 0 unspecified atom stereocenters. The van der Waals surface area contributed by atoms with Gasteiger partial charge in [0.05, 0.1) is 22.2 Å². The van der Waals surface area contributed by atoms with Crippen molar-refractivity contribution in [3.8, 4) is 11.8 Å². The smallest absolute Gasteiger partial charge is 0.0760 e. The molecule has 4 heteroatoms. The molecule has 1 aromatic rings. The zero-order valence-corrected chi connectivity index (χ0v) is 8.58. The van der Waals surface area contributed by atoms with Crippen LogP contribution in [0.3, 0.4) is 0 Å². The van der Waals surface area contributed by atoms with Crippen molar-refractivity contribution >= 4 is 23.2 Å². The van der Waals surface area contributed by atoms with Crippen molar-refractivity contribution in [3.63, 3.8) is 0 Å². The van der Waals surface area contributed by atoms with E-state index in [1.807, 2.05) is 7.05 Å². The fourth-order valence-electron chi connectivity index (χ4n) is 0.752. The Labute approximate surface area is 87.3 Å². The van der Waals surface area contributed by atoms with Crippen molar-refractivity contribution in [2.75, 3.05) is 13.6 Å². The number of nitrogens with one attached hydrogen (secondary N) is 1. The lowest BCUT2D eigenvalue weighted by atomic mass is 10.3. The molecule has 1 N–H and O–H groups in total. The molecule has 2 nitrogen and oxygen atoms in total. The summed E-state index contributed by atoms with van der Waals surface area (Å²) >= 11 is 11.7. The van der Waals surface area contributed by atoms with Gasteiger partial charge in [0, 0.05) is 12.4 Å². The highest BCUT2D eigenvalue weighted by molar-refractivity contribution is 6.36. The van der Waals surface area contributed by atoms with Crippen LogP contribution in [-0.4, -0.2) is 18.6 Å². The van der Waals surface area contributed by atoms with E-state index in [0.29, 0.717) is 22.2 Å². The first-order chi connectivity index (χ1) is 6.25. The number of pyridine rings is 1. The lowest BCUT2D eigenvalue weighted by Crippen LogP contribution is -2.04. The zero-order chi connectivity index (χ0) is 9.68. The van der Waals surface area contributed by atoms with Gasteiger partial charge in [-0.25, -0.2) is 0 Å². The second kappa shape index (κ2) is 5.08. The third-order valence-corrected chi connectivity index (χ3v) is 1.91. The summed E-state index contributed by atoms with van der Waals surface area (Å²) in [6.07, 6.45) is 3.05. The van der Waals surface area contributed by atoms with E-state index in [1.54, 1.807) is 0 Å². The van der Waals surface area contributed by atoms with Crippen LogP contribution in [0.15, 0.2) is 12.4 Å². The summed E-state index contributed by atoms with van der Waals surface area (Å²) in [7, 11) is 1.82. The maximum atomic E-state index is 5.84. The molecule has 0 bridgehead atoms. The average Bonchev–Trinajstić information content (AvgIpc) is 2.10. The van der Waals surface area contributed by atoms with E-state index in [9.17, 15) is 0 Å². The van der Waals surface area contributed by atoms with Crippen LogP contribution in [0.4, 0.5) is 0 Å². The van der Waals surface area contributed by atoms with E-state index >= 15 is 0 Å². The molecule has 0 amide bonds. The highest BCUT2D eigenvalue weighted by Gasteiger charge is 2.01. The summed E-state index contributed by atoms with van der Waals surface area (Å²) < 4.78 is 0. The van der Waals surface area contributed by atoms with Crippen LogP contribution in [0.5, 0.6) is 0 Å². The lowest BCUT2D eigenvalue weighted by molar-refractivity contribution is 0.938. The summed E-state index contributed by atoms with van der Waals surface area (Å²) in [5.41, 5.74) is 0.633. The first-order valence-electron chi connectivity index (χ1n) is 3.68. The topological polar surface area (TPSA) is 24.9 Å². The molecule has 0 aromatic carbocycles. The second-order valence-corrected chi connectivity index (χ2v) is 3.12. The maximum absolute atomic E-state index is 5.84. The molecule has 0 saturated carbocycles. The predicted molar refractivity (Wildman–Crippen MR) is 55.1 cm³/mol. The van der Waals surface area contributed by atoms with E-state index in [1.165, 1.54) is 12.4 Å². The van der Waals surface area contributed by atoms with E-state index in [0.717, 1.165) is 0 Å². The molecule has 13 heavy (non-hydrogen) atoms. The number of hydrogen-bond donors (Lipinski definition) is 1. The molecule has 1 heterocycles. The Hall–Kier alpha value is -0.750. The minimum absolute atomic E-state index is 0.483. The minimum Gasteiger partial charge on any atom is -0.309 e. The number of rotatable bonds is 1. The van der Waals surface area contributed by atoms with Gasteiger partial charge in [-0.05, 0) is 7.05 Å². The summed E-state index contributed by atoms with van der Waals surface area (Å²) in [4.78, 5) is 3.83. The van der Waals surface area contributed by atoms with Gasteiger partial charge in [-0.3, -0.25) is 4.98 Å². The highest BCUT2D eigenvalue weighted by atomic mass is 35.5. The molecule has 0 spiro atoms. The van der Waals surface area contributed by atoms with Gasteiger partial charge in [0.1, 0.15) is 0 Å². The van der Waals surface area contributed by atoms with Crippen molar-refractivity contribution in [1.82, 2.24) is 10.3 Å². The van der Waals surface area contributed by atoms with Crippen LogP contribution in [0.2, 0.25) is 10.0 Å². The summed E-state index contributed by atoms with van der Waals surface area (Å²) in [5.74, 6) is 5.74. The molecular weight excluding hydrogens is 207 g/mol. The standard InChI is InChI=1S/C9H8Cl2N2/c1-12-4-2-3-7-8(10)5-13-6-9(7)11/h5-6,12H,4H2,1H3. The molecule has 1 rings (SSSR count). The second-order valence-electron chi connectivity index (χ2n) is 2.31. The van der Waals surface area contributed by atoms with Gasteiger partial charge in [-0.15, -0.1) is 0 Å². The number of nitrogens with zero attached hydrogens (tertiary/aromatic N) is 1. The van der Waals surface area contributed by atoms with Gasteiger partial charge >= 0.3 is 0 Å². The van der Waals surface area contributed by atoms with Crippen molar-refractivity contribution in [2.45, 2.75) is 0 Å². The Morgan fingerprint density at radius 1 is 1.38 bits per heavy atom. The van der Waals surface area contributed by atoms with Gasteiger partial charge < -0.3 is 5.32 Å². The SMILES string of the molecule is CNCC#Cc1c(Cl)cncc1Cl. The Bertz CT molecular complexity index is 332. The van der Waals surface area contributed by atoms with Crippen molar-refractivity contribution in [1.29, 1.82) is 0 Å². The fourth-order valence-corrected chi connectivity index (χ4v) is 1.21. The molecule has 68 valence electrons. The molecular formula is C9H8Cl2N2. The Morgan fingerprint density at radius 2 is 2.00 bits per heavy atom. The van der Waals surface area contributed by atoms with E-state index in [-0.39, 0.29) is 0 Å². The van der Waals surface area contributed by atoms with Crippen molar-refractivity contribution < 1.29 is 0 Å². The Kier molecular flexibility index (Phi) is 4.04. The zero-order valence-electron chi connectivity index (χ0n) is 7.06. The largest absolute Gasteiger partial charge is 0.309 e. The van der Waals surface area contributed by atoms with Gasteiger partial charge in [-0.1, -0.05) is 35.0 Å². The van der Waals surface area contributed by atoms with Gasteiger partial charge in [-0.2, -0.15) is 0 Å². The molecule has 1 aromatic heterocycles. The van der Waals surface area contributed by atoms with Crippen molar-refractivity contribution in [2.24, 2.45) is 0 Å². The molecule has 0 saturated heterocycles. The molecule has 0 aliphatic carbocycles. The maximum Gasteiger partial charge on any atom is 0.0760 e. The lowest BCUT2D eigenvalue weighted by Gasteiger charge is -1.96. The molecule has 0 radical (unpaired) electrons. The predicted octanol–water partition coefficient (Wildman–Crippen LogP) is 1.96. The number of halogens is 2. The van der Waals surface area contributed by atoms with Crippen LogP contribution in [0.25, 0.3) is 0 Å². The van der Waals surface area contributed by atoms with Crippen LogP contribution >= 0.6 is 23.2 Å². The first kappa shape index (κ1) is 10.3. The first-order valence-corrected chi connectivity index (χ1v) is 4.43. The quantitative estimate of drug-likeness (QED) is 0.724. The normalized spacial score (nSPS) is 9.15. The van der Waals surface area contributed by atoms with Crippen LogP contribution < -0.4 is 5.32 Å². The van der Waals surface area contributed by atoms with E-state index in [4.69, 9.17) is 23.2 Å². The van der Waals surface area contributed by atoms with Crippen LogP contribution in [-0.2, 0) is 0 Å². The van der Waals surface area contributed by atoms with Crippen LogP contribution in [0.1, 0.15) is 5.56 Å². The van der Waals surface area contributed by atoms with Gasteiger partial charge in [0.15, 0.2) is 0 Å². The summed E-state index contributed by atoms with van der Waals surface area (Å²) in [6.45, 7) is 0.606. The van der Waals surface area contributed by atoms with Gasteiger partial charge in [0.25, 0.3) is 0 Å². The van der Waals surface area contributed by atoms with Crippen molar-refractivity contribution in [3.05, 3.63) is 28.0 Å². The number of hydrogen-bond acceptors (Lipinski definition) is 2. The Balaban J connectivity index is 2.95. The average molecular weight is 215 g/mol. The molecule has 0 atom stereocenters. The molecule has 0 fully saturated rings. The van der Waals surface area contributed by atoms with E-state index in [2.05, 4.69) is 22.1 Å². The summed E-state index contributed by atoms with van der Waals surface area (Å²) in [6, 6.07) is 0. The summed E-state index contributed by atoms with van der Waals surface area (Å²) in [5, 5.41) is 3.87.